The fraction of sp³-hybridized carbons (Fsp3) is 0.353. The molecule has 0 radical (unpaired) electrons. The molecule has 0 bridgehead atoms. The minimum absolute atomic E-state index is 0.0246. The van der Waals surface area contributed by atoms with E-state index in [0.717, 1.165) is 12.1 Å². The number of carbonyl (C=O) groups is 1. The molecule has 0 saturated carbocycles. The van der Waals surface area contributed by atoms with Crippen LogP contribution in [0.4, 0.5) is 4.39 Å². The van der Waals surface area contributed by atoms with E-state index in [2.05, 4.69) is 5.32 Å². The first-order valence-electron chi connectivity index (χ1n) is 7.60. The zero-order valence-corrected chi connectivity index (χ0v) is 14.3. The number of benzene rings is 1. The van der Waals surface area contributed by atoms with Gasteiger partial charge in [0.05, 0.1) is 11.2 Å². The van der Waals surface area contributed by atoms with E-state index in [1.165, 1.54) is 18.4 Å². The molecule has 1 amide bonds. The highest BCUT2D eigenvalue weighted by atomic mass is 32.2. The summed E-state index contributed by atoms with van der Waals surface area (Å²) < 4.78 is 44.0. The molecule has 1 N–H and O–H groups in total. The number of furan rings is 1. The van der Waals surface area contributed by atoms with Gasteiger partial charge in [0.2, 0.25) is 5.91 Å². The number of hydrogen-bond donors (Lipinski definition) is 1. The van der Waals surface area contributed by atoms with Gasteiger partial charge in [0.15, 0.2) is 9.84 Å². The van der Waals surface area contributed by atoms with Crippen LogP contribution in [0.3, 0.4) is 0 Å². The fourth-order valence-electron chi connectivity index (χ4n) is 2.28. The lowest BCUT2D eigenvalue weighted by Crippen LogP contribution is -2.32. The van der Waals surface area contributed by atoms with Crippen LogP contribution in [0.5, 0.6) is 0 Å². The SMILES string of the molecule is CC(C)CC(=O)NC[C@H](c1ccco1)S(=O)(=O)c1ccc(F)cc1. The van der Waals surface area contributed by atoms with Crippen LogP contribution in [0.25, 0.3) is 0 Å². The first-order valence-corrected chi connectivity index (χ1v) is 9.15. The van der Waals surface area contributed by atoms with Crippen LogP contribution in [0.1, 0.15) is 31.3 Å². The highest BCUT2D eigenvalue weighted by Crippen LogP contribution is 2.29. The molecule has 0 saturated heterocycles. The fourth-order valence-corrected chi connectivity index (χ4v) is 3.86. The molecule has 1 atom stereocenters. The second kappa shape index (κ2) is 7.61. The van der Waals surface area contributed by atoms with Gasteiger partial charge in [0.25, 0.3) is 0 Å². The van der Waals surface area contributed by atoms with Gasteiger partial charge in [-0.1, -0.05) is 13.8 Å². The monoisotopic (exact) mass is 353 g/mol. The number of amides is 1. The lowest BCUT2D eigenvalue weighted by molar-refractivity contribution is -0.121. The Morgan fingerprint density at radius 3 is 2.42 bits per heavy atom. The van der Waals surface area contributed by atoms with Crippen molar-refractivity contribution in [2.45, 2.75) is 30.4 Å². The van der Waals surface area contributed by atoms with E-state index in [1.807, 2.05) is 13.8 Å². The molecule has 1 aromatic carbocycles. The third-order valence-electron chi connectivity index (χ3n) is 3.46. The average molecular weight is 353 g/mol. The van der Waals surface area contributed by atoms with Crippen molar-refractivity contribution < 1.29 is 22.0 Å². The highest BCUT2D eigenvalue weighted by molar-refractivity contribution is 7.91. The molecule has 0 aliphatic carbocycles. The van der Waals surface area contributed by atoms with Crippen molar-refractivity contribution >= 4 is 15.7 Å². The largest absolute Gasteiger partial charge is 0.468 e. The summed E-state index contributed by atoms with van der Waals surface area (Å²) in [7, 11) is -3.84. The van der Waals surface area contributed by atoms with Gasteiger partial charge < -0.3 is 9.73 Å². The van der Waals surface area contributed by atoms with E-state index < -0.39 is 20.9 Å². The molecule has 5 nitrogen and oxygen atoms in total. The van der Waals surface area contributed by atoms with Gasteiger partial charge in [-0.15, -0.1) is 0 Å². The number of hydrogen-bond acceptors (Lipinski definition) is 4. The Bertz CT molecular complexity index is 767. The quantitative estimate of drug-likeness (QED) is 0.776. The van der Waals surface area contributed by atoms with E-state index in [-0.39, 0.29) is 29.0 Å². The van der Waals surface area contributed by atoms with Gasteiger partial charge >= 0.3 is 0 Å². The number of sulfone groups is 1. The summed E-state index contributed by atoms with van der Waals surface area (Å²) in [4.78, 5) is 11.8. The molecule has 0 aliphatic heterocycles. The van der Waals surface area contributed by atoms with Crippen molar-refractivity contribution in [1.82, 2.24) is 5.32 Å². The maximum Gasteiger partial charge on any atom is 0.220 e. The van der Waals surface area contributed by atoms with Crippen molar-refractivity contribution in [1.29, 1.82) is 0 Å². The molecule has 2 rings (SSSR count). The molecule has 2 aromatic rings. The van der Waals surface area contributed by atoms with E-state index in [4.69, 9.17) is 4.42 Å². The number of rotatable bonds is 7. The Kier molecular flexibility index (Phi) is 5.77. The van der Waals surface area contributed by atoms with Crippen molar-refractivity contribution in [3.63, 3.8) is 0 Å². The summed E-state index contributed by atoms with van der Waals surface area (Å²) >= 11 is 0. The van der Waals surface area contributed by atoms with Crippen LogP contribution < -0.4 is 5.32 Å². The summed E-state index contributed by atoms with van der Waals surface area (Å²) in [6.45, 7) is 3.69. The Morgan fingerprint density at radius 2 is 1.88 bits per heavy atom. The number of nitrogens with one attached hydrogen (secondary N) is 1. The van der Waals surface area contributed by atoms with Crippen LogP contribution in [0.2, 0.25) is 0 Å². The lowest BCUT2D eigenvalue weighted by atomic mass is 10.1. The molecule has 1 heterocycles. The predicted octanol–water partition coefficient (Wildman–Crippen LogP) is 3.10. The van der Waals surface area contributed by atoms with Crippen molar-refractivity contribution in [3.05, 3.63) is 54.2 Å². The second-order valence-corrected chi connectivity index (χ2v) is 8.04. The molecular weight excluding hydrogens is 333 g/mol. The zero-order chi connectivity index (χ0) is 17.7. The van der Waals surface area contributed by atoms with Gasteiger partial charge in [-0.25, -0.2) is 12.8 Å². The Hall–Kier alpha value is -2.15. The molecule has 0 spiro atoms. The van der Waals surface area contributed by atoms with Crippen LogP contribution in [0.15, 0.2) is 52.0 Å². The smallest absolute Gasteiger partial charge is 0.220 e. The molecule has 0 aliphatic rings. The third kappa shape index (κ3) is 4.44. The predicted molar refractivity (Wildman–Crippen MR) is 87.5 cm³/mol. The van der Waals surface area contributed by atoms with Gasteiger partial charge in [0.1, 0.15) is 16.8 Å². The van der Waals surface area contributed by atoms with Crippen LogP contribution >= 0.6 is 0 Å². The maximum atomic E-state index is 13.1. The van der Waals surface area contributed by atoms with Gasteiger partial charge in [-0.05, 0) is 42.3 Å². The summed E-state index contributed by atoms with van der Waals surface area (Å²) in [5, 5.41) is 1.56. The molecule has 0 fully saturated rings. The third-order valence-corrected chi connectivity index (χ3v) is 5.53. The summed E-state index contributed by atoms with van der Waals surface area (Å²) in [6.07, 6.45) is 1.68. The Balaban J connectivity index is 2.26. The lowest BCUT2D eigenvalue weighted by Gasteiger charge is -2.17. The highest BCUT2D eigenvalue weighted by Gasteiger charge is 2.31. The summed E-state index contributed by atoms with van der Waals surface area (Å²) in [5.74, 6) is -0.352. The van der Waals surface area contributed by atoms with Crippen LogP contribution in [0, 0.1) is 11.7 Å². The van der Waals surface area contributed by atoms with E-state index in [9.17, 15) is 17.6 Å². The van der Waals surface area contributed by atoms with E-state index in [1.54, 1.807) is 12.1 Å². The Labute approximate surface area is 140 Å². The first kappa shape index (κ1) is 18.2. The van der Waals surface area contributed by atoms with Crippen LogP contribution in [-0.2, 0) is 14.6 Å². The van der Waals surface area contributed by atoms with Gasteiger partial charge in [-0.3, -0.25) is 4.79 Å². The normalized spacial score (nSPS) is 13.0. The first-order chi connectivity index (χ1) is 11.3. The minimum Gasteiger partial charge on any atom is -0.468 e. The molecule has 1 aromatic heterocycles. The van der Waals surface area contributed by atoms with Gasteiger partial charge in [-0.2, -0.15) is 0 Å². The minimum atomic E-state index is -3.84. The zero-order valence-electron chi connectivity index (χ0n) is 13.5. The second-order valence-electron chi connectivity index (χ2n) is 5.91. The summed E-state index contributed by atoms with van der Waals surface area (Å²) in [5.41, 5.74) is 0. The number of halogens is 1. The molecule has 130 valence electrons. The molecular formula is C17H20FNO4S. The summed E-state index contributed by atoms with van der Waals surface area (Å²) in [6, 6.07) is 7.71. The van der Waals surface area contributed by atoms with Gasteiger partial charge in [0, 0.05) is 13.0 Å². The Morgan fingerprint density at radius 1 is 1.21 bits per heavy atom. The van der Waals surface area contributed by atoms with E-state index in [0.29, 0.717) is 6.42 Å². The number of carbonyl (C=O) groups excluding carboxylic acids is 1. The van der Waals surface area contributed by atoms with Crippen LogP contribution in [-0.4, -0.2) is 20.9 Å². The van der Waals surface area contributed by atoms with Crippen molar-refractivity contribution in [3.8, 4) is 0 Å². The average Bonchev–Trinajstić information content (AvgIpc) is 3.01. The van der Waals surface area contributed by atoms with E-state index >= 15 is 0 Å². The topological polar surface area (TPSA) is 76.4 Å². The molecule has 7 heteroatoms. The standard InChI is InChI=1S/C17H20FNO4S/c1-12(2)10-17(20)19-11-16(15-4-3-9-23-15)24(21,22)14-7-5-13(18)6-8-14/h3-9,12,16H,10-11H2,1-2H3,(H,19,20)/t16-/m1/s1. The van der Waals surface area contributed by atoms with Crippen molar-refractivity contribution in [2.75, 3.05) is 6.54 Å². The van der Waals surface area contributed by atoms with Crippen molar-refractivity contribution in [2.24, 2.45) is 5.92 Å². The maximum absolute atomic E-state index is 13.1. The molecule has 24 heavy (non-hydrogen) atoms. The molecule has 0 unspecified atom stereocenters.